The molecule has 0 bridgehead atoms. The lowest BCUT2D eigenvalue weighted by molar-refractivity contribution is -0.0734. The highest BCUT2D eigenvalue weighted by Gasteiger charge is 2.32. The van der Waals surface area contributed by atoms with Crippen LogP contribution in [0.5, 0.6) is 0 Å². The van der Waals surface area contributed by atoms with Gasteiger partial charge in [-0.2, -0.15) is 0 Å². The van der Waals surface area contributed by atoms with Gasteiger partial charge in [-0.05, 0) is 40.8 Å². The lowest BCUT2D eigenvalue weighted by Crippen LogP contribution is -2.47. The molecule has 1 aliphatic heterocycles. The number of amides is 1. The van der Waals surface area contributed by atoms with Crippen molar-refractivity contribution in [3.05, 3.63) is 31.8 Å². The van der Waals surface area contributed by atoms with E-state index in [0.29, 0.717) is 38.2 Å². The van der Waals surface area contributed by atoms with Crippen LogP contribution in [0.15, 0.2) is 22.7 Å². The number of benzene rings is 1. The molecular weight excluding hydrogens is 437 g/mol. The molecule has 0 atom stereocenters. The van der Waals surface area contributed by atoms with Crippen molar-refractivity contribution < 1.29 is 14.6 Å². The summed E-state index contributed by atoms with van der Waals surface area (Å²) in [6.45, 7) is 1.43. The van der Waals surface area contributed by atoms with Crippen molar-refractivity contribution in [1.82, 2.24) is 4.90 Å². The van der Waals surface area contributed by atoms with Crippen molar-refractivity contribution in [1.29, 1.82) is 0 Å². The largest absolute Gasteiger partial charge is 0.388 e. The van der Waals surface area contributed by atoms with E-state index in [2.05, 4.69) is 38.5 Å². The number of nitrogens with zero attached hydrogens (tertiary/aromatic N) is 1. The molecule has 0 aromatic heterocycles. The standard InChI is InChI=1S/C14H17BrINO3/c1-17(9-14(19)4-6-20-7-5-14)13(18)11-8-10(15)2-3-12(11)16/h2-3,8,19H,4-7,9H2,1H3. The molecule has 2 rings (SSSR count). The minimum absolute atomic E-state index is 0.0735. The highest BCUT2D eigenvalue weighted by atomic mass is 127. The first-order valence-electron chi connectivity index (χ1n) is 6.42. The third-order valence-corrected chi connectivity index (χ3v) is 4.89. The molecule has 20 heavy (non-hydrogen) atoms. The zero-order valence-electron chi connectivity index (χ0n) is 11.2. The zero-order valence-corrected chi connectivity index (χ0v) is 15.0. The molecule has 6 heteroatoms. The van der Waals surface area contributed by atoms with E-state index < -0.39 is 5.60 Å². The predicted molar refractivity (Wildman–Crippen MR) is 88.8 cm³/mol. The van der Waals surface area contributed by atoms with Gasteiger partial charge < -0.3 is 14.7 Å². The molecule has 0 aliphatic carbocycles. The number of rotatable bonds is 3. The summed E-state index contributed by atoms with van der Waals surface area (Å²) in [4.78, 5) is 14.1. The van der Waals surface area contributed by atoms with E-state index in [9.17, 15) is 9.90 Å². The zero-order chi connectivity index (χ0) is 14.8. The second-order valence-electron chi connectivity index (χ2n) is 5.12. The molecule has 0 unspecified atom stereocenters. The molecule has 1 saturated heterocycles. The molecule has 1 aliphatic rings. The van der Waals surface area contributed by atoms with Crippen molar-refractivity contribution >= 4 is 44.4 Å². The van der Waals surface area contributed by atoms with Crippen LogP contribution in [0.25, 0.3) is 0 Å². The second kappa shape index (κ2) is 6.72. The Morgan fingerprint density at radius 2 is 2.15 bits per heavy atom. The van der Waals surface area contributed by atoms with Gasteiger partial charge in [-0.15, -0.1) is 0 Å². The number of carbonyl (C=O) groups excluding carboxylic acids is 1. The van der Waals surface area contributed by atoms with Crippen LogP contribution in [-0.2, 0) is 4.74 Å². The Morgan fingerprint density at radius 3 is 2.80 bits per heavy atom. The Bertz CT molecular complexity index is 503. The molecule has 1 aromatic rings. The topological polar surface area (TPSA) is 49.8 Å². The van der Waals surface area contributed by atoms with E-state index in [1.807, 2.05) is 18.2 Å². The fourth-order valence-electron chi connectivity index (χ4n) is 2.29. The highest BCUT2D eigenvalue weighted by Crippen LogP contribution is 2.24. The van der Waals surface area contributed by atoms with Gasteiger partial charge in [0, 0.05) is 47.7 Å². The summed E-state index contributed by atoms with van der Waals surface area (Å²) in [6.07, 6.45) is 1.14. The van der Waals surface area contributed by atoms with Crippen molar-refractivity contribution in [2.24, 2.45) is 0 Å². The molecule has 0 saturated carbocycles. The lowest BCUT2D eigenvalue weighted by Gasteiger charge is -2.35. The number of hydrogen-bond acceptors (Lipinski definition) is 3. The van der Waals surface area contributed by atoms with E-state index in [0.717, 1.165) is 8.04 Å². The van der Waals surface area contributed by atoms with Crippen molar-refractivity contribution in [2.75, 3.05) is 26.8 Å². The van der Waals surface area contributed by atoms with Crippen LogP contribution in [0.4, 0.5) is 0 Å². The van der Waals surface area contributed by atoms with E-state index in [1.165, 1.54) is 0 Å². The maximum Gasteiger partial charge on any atom is 0.254 e. The van der Waals surface area contributed by atoms with E-state index in [1.54, 1.807) is 11.9 Å². The maximum atomic E-state index is 12.5. The van der Waals surface area contributed by atoms with Crippen LogP contribution >= 0.6 is 38.5 Å². The summed E-state index contributed by atoms with van der Waals surface area (Å²) in [5.41, 5.74) is -0.182. The van der Waals surface area contributed by atoms with Gasteiger partial charge in [0.2, 0.25) is 0 Å². The highest BCUT2D eigenvalue weighted by molar-refractivity contribution is 14.1. The third kappa shape index (κ3) is 3.93. The van der Waals surface area contributed by atoms with Crippen LogP contribution < -0.4 is 0 Å². The maximum absolute atomic E-state index is 12.5. The van der Waals surface area contributed by atoms with Gasteiger partial charge in [0.25, 0.3) is 5.91 Å². The minimum atomic E-state index is -0.833. The monoisotopic (exact) mass is 453 g/mol. The average Bonchev–Trinajstić information content (AvgIpc) is 2.41. The van der Waals surface area contributed by atoms with Crippen LogP contribution in [0.2, 0.25) is 0 Å². The molecule has 1 amide bonds. The van der Waals surface area contributed by atoms with Crippen LogP contribution in [0.3, 0.4) is 0 Å². The summed E-state index contributed by atoms with van der Waals surface area (Å²) in [6, 6.07) is 5.62. The molecule has 1 N–H and O–H groups in total. The lowest BCUT2D eigenvalue weighted by atomic mass is 9.94. The van der Waals surface area contributed by atoms with E-state index in [4.69, 9.17) is 4.74 Å². The second-order valence-corrected chi connectivity index (χ2v) is 7.20. The predicted octanol–water partition coefficient (Wildman–Crippen LogP) is 2.67. The summed E-state index contributed by atoms with van der Waals surface area (Å²) in [7, 11) is 1.73. The molecule has 1 heterocycles. The van der Waals surface area contributed by atoms with Gasteiger partial charge in [-0.1, -0.05) is 15.9 Å². The molecule has 4 nitrogen and oxygen atoms in total. The van der Waals surface area contributed by atoms with Crippen LogP contribution in [0, 0.1) is 3.57 Å². The molecular formula is C14H17BrINO3. The number of hydrogen-bond donors (Lipinski definition) is 1. The first kappa shape index (κ1) is 16.2. The summed E-state index contributed by atoms with van der Waals surface area (Å²) in [5.74, 6) is -0.0735. The smallest absolute Gasteiger partial charge is 0.254 e. The van der Waals surface area contributed by atoms with Gasteiger partial charge in [0.1, 0.15) is 0 Å². The van der Waals surface area contributed by atoms with E-state index in [-0.39, 0.29) is 5.91 Å². The Kier molecular flexibility index (Phi) is 5.44. The number of carbonyl (C=O) groups is 1. The van der Waals surface area contributed by atoms with Crippen LogP contribution in [0.1, 0.15) is 23.2 Å². The SMILES string of the molecule is CN(CC1(O)CCOCC1)C(=O)c1cc(Br)ccc1I. The first-order chi connectivity index (χ1) is 9.41. The fraction of sp³-hybridized carbons (Fsp3) is 0.500. The number of halogens is 2. The van der Waals surface area contributed by atoms with Crippen molar-refractivity contribution in [2.45, 2.75) is 18.4 Å². The fourth-order valence-corrected chi connectivity index (χ4v) is 3.22. The average molecular weight is 454 g/mol. The number of aliphatic hydroxyl groups is 1. The minimum Gasteiger partial charge on any atom is -0.388 e. The molecule has 1 aromatic carbocycles. The quantitative estimate of drug-likeness (QED) is 0.716. The number of likely N-dealkylation sites (N-methyl/N-ethyl adjacent to an activating group) is 1. The van der Waals surface area contributed by atoms with Gasteiger partial charge in [-0.3, -0.25) is 4.79 Å². The summed E-state index contributed by atoms with van der Waals surface area (Å²) >= 11 is 5.53. The Hall–Kier alpha value is -0.180. The molecule has 0 spiro atoms. The van der Waals surface area contributed by atoms with Gasteiger partial charge in [-0.25, -0.2) is 0 Å². The van der Waals surface area contributed by atoms with Crippen molar-refractivity contribution in [3.63, 3.8) is 0 Å². The van der Waals surface area contributed by atoms with Gasteiger partial charge in [0.05, 0.1) is 11.2 Å². The van der Waals surface area contributed by atoms with Crippen molar-refractivity contribution in [3.8, 4) is 0 Å². The number of ether oxygens (including phenoxy) is 1. The Morgan fingerprint density at radius 1 is 1.50 bits per heavy atom. The summed E-state index contributed by atoms with van der Waals surface area (Å²) < 4.78 is 7.03. The normalized spacial score (nSPS) is 17.8. The first-order valence-corrected chi connectivity index (χ1v) is 8.29. The third-order valence-electron chi connectivity index (χ3n) is 3.46. The molecule has 0 radical (unpaired) electrons. The summed E-state index contributed by atoms with van der Waals surface area (Å²) in [5, 5.41) is 10.5. The van der Waals surface area contributed by atoms with Gasteiger partial charge >= 0.3 is 0 Å². The van der Waals surface area contributed by atoms with Crippen LogP contribution in [-0.4, -0.2) is 48.3 Å². The Balaban J connectivity index is 2.10. The molecule has 1 fully saturated rings. The Labute approximate surface area is 140 Å². The van der Waals surface area contributed by atoms with E-state index >= 15 is 0 Å². The molecule has 110 valence electrons. The van der Waals surface area contributed by atoms with Gasteiger partial charge in [0.15, 0.2) is 0 Å².